The second-order valence-electron chi connectivity index (χ2n) is 9.63. The summed E-state index contributed by atoms with van der Waals surface area (Å²) < 4.78 is 41.2. The van der Waals surface area contributed by atoms with Crippen LogP contribution in [0.4, 0.5) is 13.2 Å². The van der Waals surface area contributed by atoms with Crippen molar-refractivity contribution >= 4 is 11.8 Å². The molecule has 0 N–H and O–H groups in total. The van der Waals surface area contributed by atoms with Crippen LogP contribution in [0.15, 0.2) is 30.3 Å². The minimum atomic E-state index is -4.29. The molecule has 1 aromatic carbocycles. The molecule has 6 nitrogen and oxygen atoms in total. The van der Waals surface area contributed by atoms with Gasteiger partial charge in [-0.1, -0.05) is 31.0 Å². The van der Waals surface area contributed by atoms with Gasteiger partial charge >= 0.3 is 6.18 Å². The van der Waals surface area contributed by atoms with Crippen molar-refractivity contribution in [3.63, 3.8) is 0 Å². The molecule has 1 aliphatic carbocycles. The van der Waals surface area contributed by atoms with Gasteiger partial charge in [-0.05, 0) is 43.7 Å². The lowest BCUT2D eigenvalue weighted by Gasteiger charge is -2.38. The van der Waals surface area contributed by atoms with Crippen LogP contribution in [-0.4, -0.2) is 90.7 Å². The molecule has 1 saturated carbocycles. The highest BCUT2D eigenvalue weighted by Gasteiger charge is 2.48. The Hall–Kier alpha value is -2.13. The number of piperazine rings is 1. The van der Waals surface area contributed by atoms with Crippen LogP contribution >= 0.6 is 0 Å². The first-order chi connectivity index (χ1) is 16.3. The molecule has 0 bridgehead atoms. The molecular formula is C25H34F3N3O3. The van der Waals surface area contributed by atoms with E-state index < -0.39 is 18.8 Å². The zero-order valence-electron chi connectivity index (χ0n) is 19.5. The molecule has 3 fully saturated rings. The number of amides is 2. The zero-order chi connectivity index (χ0) is 24.1. The molecule has 2 amide bonds. The van der Waals surface area contributed by atoms with Crippen molar-refractivity contribution in [1.29, 1.82) is 0 Å². The Bertz CT molecular complexity index is 828. The van der Waals surface area contributed by atoms with Gasteiger partial charge in [-0.2, -0.15) is 13.2 Å². The molecule has 3 aliphatic rings. The molecule has 0 aromatic heterocycles. The van der Waals surface area contributed by atoms with E-state index in [9.17, 15) is 22.8 Å². The number of ether oxygens (including phenoxy) is 1. The molecule has 9 heteroatoms. The molecule has 2 saturated heterocycles. The van der Waals surface area contributed by atoms with E-state index in [4.69, 9.17) is 0 Å². The first-order valence-corrected chi connectivity index (χ1v) is 12.4. The number of carbonyl (C=O) groups excluding carboxylic acids is 2. The van der Waals surface area contributed by atoms with Crippen LogP contribution in [0, 0.1) is 5.92 Å². The van der Waals surface area contributed by atoms with Gasteiger partial charge in [-0.15, -0.1) is 0 Å². The van der Waals surface area contributed by atoms with E-state index in [0.29, 0.717) is 50.6 Å². The van der Waals surface area contributed by atoms with Crippen LogP contribution in [0.1, 0.15) is 48.9 Å². The summed E-state index contributed by atoms with van der Waals surface area (Å²) in [6, 6.07) is 8.94. The third-order valence-electron chi connectivity index (χ3n) is 7.34. The fourth-order valence-electron chi connectivity index (χ4n) is 5.68. The molecule has 2 aliphatic heterocycles. The number of carbonyl (C=O) groups is 2. The number of benzene rings is 1. The SMILES string of the molecule is O=C(C1CC2CCCCC2N1C(=O)c1ccccc1)N1CCN(CCCOCC(F)(F)F)CC1. The molecule has 0 radical (unpaired) electrons. The average molecular weight is 482 g/mol. The molecule has 1 aromatic rings. The number of alkyl halides is 3. The van der Waals surface area contributed by atoms with E-state index >= 15 is 0 Å². The fourth-order valence-corrected chi connectivity index (χ4v) is 5.68. The highest BCUT2D eigenvalue weighted by Crippen LogP contribution is 2.41. The predicted octanol–water partition coefficient (Wildman–Crippen LogP) is 3.57. The van der Waals surface area contributed by atoms with Gasteiger partial charge in [0, 0.05) is 50.9 Å². The fraction of sp³-hybridized carbons (Fsp3) is 0.680. The number of nitrogens with zero attached hydrogens (tertiary/aromatic N) is 3. The molecule has 188 valence electrons. The lowest BCUT2D eigenvalue weighted by Crippen LogP contribution is -2.55. The largest absolute Gasteiger partial charge is 0.411 e. The van der Waals surface area contributed by atoms with Crippen molar-refractivity contribution in [2.75, 3.05) is 45.9 Å². The van der Waals surface area contributed by atoms with Crippen LogP contribution < -0.4 is 0 Å². The Morgan fingerprint density at radius 2 is 1.71 bits per heavy atom. The zero-order valence-corrected chi connectivity index (χ0v) is 19.5. The summed E-state index contributed by atoms with van der Waals surface area (Å²) >= 11 is 0. The lowest BCUT2D eigenvalue weighted by molar-refractivity contribution is -0.174. The topological polar surface area (TPSA) is 53.1 Å². The average Bonchev–Trinajstić information content (AvgIpc) is 3.23. The van der Waals surface area contributed by atoms with Gasteiger partial charge in [0.15, 0.2) is 0 Å². The number of fused-ring (bicyclic) bond motifs is 1. The van der Waals surface area contributed by atoms with Gasteiger partial charge in [0.25, 0.3) is 5.91 Å². The summed E-state index contributed by atoms with van der Waals surface area (Å²) in [6.45, 7) is 2.00. The maximum absolute atomic E-state index is 13.6. The smallest absolute Gasteiger partial charge is 0.372 e. The molecule has 0 spiro atoms. The maximum Gasteiger partial charge on any atom is 0.411 e. The van der Waals surface area contributed by atoms with Crippen molar-refractivity contribution in [3.05, 3.63) is 35.9 Å². The molecule has 3 unspecified atom stereocenters. The van der Waals surface area contributed by atoms with Crippen LogP contribution in [0.5, 0.6) is 0 Å². The van der Waals surface area contributed by atoms with Gasteiger partial charge < -0.3 is 14.5 Å². The summed E-state index contributed by atoms with van der Waals surface area (Å²) in [6.07, 6.45) is 1.23. The number of likely N-dealkylation sites (tertiary alicyclic amines) is 1. The normalized spacial score (nSPS) is 25.9. The van der Waals surface area contributed by atoms with Crippen molar-refractivity contribution in [1.82, 2.24) is 14.7 Å². The Balaban J connectivity index is 1.32. The van der Waals surface area contributed by atoms with Crippen molar-refractivity contribution in [2.45, 2.75) is 56.8 Å². The number of halogens is 3. The van der Waals surface area contributed by atoms with Crippen molar-refractivity contribution in [2.24, 2.45) is 5.92 Å². The van der Waals surface area contributed by atoms with E-state index in [1.807, 2.05) is 40.1 Å². The highest BCUT2D eigenvalue weighted by molar-refractivity contribution is 5.98. The third kappa shape index (κ3) is 6.10. The number of hydrogen-bond acceptors (Lipinski definition) is 4. The Morgan fingerprint density at radius 3 is 2.41 bits per heavy atom. The first kappa shape index (κ1) is 25.0. The monoisotopic (exact) mass is 481 g/mol. The van der Waals surface area contributed by atoms with E-state index in [1.165, 1.54) is 0 Å². The minimum Gasteiger partial charge on any atom is -0.372 e. The maximum atomic E-state index is 13.6. The highest BCUT2D eigenvalue weighted by atomic mass is 19.4. The van der Waals surface area contributed by atoms with Crippen molar-refractivity contribution in [3.8, 4) is 0 Å². The second kappa shape index (κ2) is 11.1. The molecule has 2 heterocycles. The van der Waals surface area contributed by atoms with Gasteiger partial charge in [0.05, 0.1) is 0 Å². The van der Waals surface area contributed by atoms with Gasteiger partial charge in [0.1, 0.15) is 12.6 Å². The van der Waals surface area contributed by atoms with Gasteiger partial charge in [0.2, 0.25) is 5.91 Å². The summed E-state index contributed by atoms with van der Waals surface area (Å²) in [5.74, 6) is 0.367. The van der Waals surface area contributed by atoms with E-state index in [2.05, 4.69) is 9.64 Å². The number of rotatable bonds is 7. The predicted molar refractivity (Wildman–Crippen MR) is 121 cm³/mol. The van der Waals surface area contributed by atoms with Gasteiger partial charge in [-0.3, -0.25) is 14.5 Å². The Kier molecular flexibility index (Phi) is 8.14. The summed E-state index contributed by atoms with van der Waals surface area (Å²) in [4.78, 5) is 32.9. The number of hydrogen-bond donors (Lipinski definition) is 0. The molecule has 4 rings (SSSR count). The third-order valence-corrected chi connectivity index (χ3v) is 7.34. The summed E-state index contributed by atoms with van der Waals surface area (Å²) in [5, 5.41) is 0. The molecule has 34 heavy (non-hydrogen) atoms. The summed E-state index contributed by atoms with van der Waals surface area (Å²) in [5.41, 5.74) is 0.629. The van der Waals surface area contributed by atoms with Gasteiger partial charge in [-0.25, -0.2) is 0 Å². The molecular weight excluding hydrogens is 447 g/mol. The van der Waals surface area contributed by atoms with Crippen LogP contribution in [-0.2, 0) is 9.53 Å². The van der Waals surface area contributed by atoms with Crippen molar-refractivity contribution < 1.29 is 27.5 Å². The van der Waals surface area contributed by atoms with E-state index in [1.54, 1.807) is 0 Å². The van der Waals surface area contributed by atoms with Crippen LogP contribution in [0.2, 0.25) is 0 Å². The summed E-state index contributed by atoms with van der Waals surface area (Å²) in [7, 11) is 0. The Morgan fingerprint density at radius 1 is 1.00 bits per heavy atom. The van der Waals surface area contributed by atoms with E-state index in [0.717, 1.165) is 32.1 Å². The first-order valence-electron chi connectivity index (χ1n) is 12.4. The second-order valence-corrected chi connectivity index (χ2v) is 9.63. The van der Waals surface area contributed by atoms with Crippen LogP contribution in [0.25, 0.3) is 0 Å². The van der Waals surface area contributed by atoms with E-state index in [-0.39, 0.29) is 24.5 Å². The Labute approximate surface area is 199 Å². The quantitative estimate of drug-likeness (QED) is 0.559. The van der Waals surface area contributed by atoms with Crippen LogP contribution in [0.3, 0.4) is 0 Å². The lowest BCUT2D eigenvalue weighted by atomic mass is 9.84. The molecule has 3 atom stereocenters. The minimum absolute atomic E-state index is 0.0341. The standard InChI is InChI=1S/C25H34F3N3O3/c26-25(27,28)18-34-16-6-11-29-12-14-30(15-13-29)24(33)22-17-20-9-4-5-10-21(20)31(22)23(32)19-7-2-1-3-8-19/h1-3,7-8,20-22H,4-6,9-18H2.